The summed E-state index contributed by atoms with van der Waals surface area (Å²) >= 11 is 5.79. The van der Waals surface area contributed by atoms with Crippen molar-refractivity contribution in [2.45, 2.75) is 37.8 Å². The molecule has 0 saturated heterocycles. The number of nitrogens with one attached hydrogen (secondary N) is 1. The first-order valence-electron chi connectivity index (χ1n) is 6.86. The predicted molar refractivity (Wildman–Crippen MR) is 78.0 cm³/mol. The van der Waals surface area contributed by atoms with E-state index in [1.807, 2.05) is 0 Å². The van der Waals surface area contributed by atoms with Crippen molar-refractivity contribution in [1.29, 1.82) is 0 Å². The van der Waals surface area contributed by atoms with Gasteiger partial charge in [0, 0.05) is 24.2 Å². The number of halogens is 2. The number of benzene rings is 1. The molecule has 1 aliphatic rings. The summed E-state index contributed by atoms with van der Waals surface area (Å²) in [6.07, 6.45) is 4.99. The third kappa shape index (κ3) is 3.28. The van der Waals surface area contributed by atoms with E-state index >= 15 is 0 Å². The van der Waals surface area contributed by atoms with Crippen molar-refractivity contribution in [2.75, 3.05) is 20.6 Å². The van der Waals surface area contributed by atoms with Crippen molar-refractivity contribution >= 4 is 11.6 Å². The second kappa shape index (κ2) is 6.21. The fourth-order valence-electron chi connectivity index (χ4n) is 2.93. The van der Waals surface area contributed by atoms with Gasteiger partial charge in [-0.25, -0.2) is 4.39 Å². The monoisotopic (exact) mass is 284 g/mol. The van der Waals surface area contributed by atoms with Gasteiger partial charge in [-0.1, -0.05) is 36.6 Å². The highest BCUT2D eigenvalue weighted by Gasteiger charge is 2.35. The lowest BCUT2D eigenvalue weighted by Crippen LogP contribution is -2.49. The SMILES string of the molecule is CN(C)C1(CNCc2cccc(Cl)c2F)CCCC1. The van der Waals surface area contributed by atoms with Crippen LogP contribution in [0.25, 0.3) is 0 Å². The summed E-state index contributed by atoms with van der Waals surface area (Å²) in [4.78, 5) is 2.31. The maximum atomic E-state index is 13.8. The van der Waals surface area contributed by atoms with Crippen LogP contribution in [0, 0.1) is 5.82 Å². The van der Waals surface area contributed by atoms with Gasteiger partial charge in [0.25, 0.3) is 0 Å². The molecular formula is C15H22ClFN2. The van der Waals surface area contributed by atoms with Crippen LogP contribution in [0.1, 0.15) is 31.2 Å². The molecule has 0 atom stereocenters. The Morgan fingerprint density at radius 3 is 2.63 bits per heavy atom. The summed E-state index contributed by atoms with van der Waals surface area (Å²) in [6, 6.07) is 5.16. The Bertz CT molecular complexity index is 428. The Morgan fingerprint density at radius 1 is 1.32 bits per heavy atom. The molecule has 106 valence electrons. The molecule has 2 nitrogen and oxygen atoms in total. The van der Waals surface area contributed by atoms with Gasteiger partial charge in [-0.05, 0) is 33.0 Å². The molecule has 0 amide bonds. The molecule has 19 heavy (non-hydrogen) atoms. The Labute approximate surface area is 119 Å². The molecule has 1 fully saturated rings. The molecule has 1 N–H and O–H groups in total. The van der Waals surface area contributed by atoms with E-state index < -0.39 is 0 Å². The van der Waals surface area contributed by atoms with Gasteiger partial charge in [0.2, 0.25) is 0 Å². The summed E-state index contributed by atoms with van der Waals surface area (Å²) in [5, 5.41) is 3.59. The first kappa shape index (κ1) is 14.8. The van der Waals surface area contributed by atoms with Gasteiger partial charge in [0.1, 0.15) is 5.82 Å². The molecule has 0 radical (unpaired) electrons. The van der Waals surface area contributed by atoms with Crippen molar-refractivity contribution in [3.05, 3.63) is 34.6 Å². The highest BCUT2D eigenvalue weighted by molar-refractivity contribution is 6.30. The van der Waals surface area contributed by atoms with Gasteiger partial charge in [0.15, 0.2) is 0 Å². The van der Waals surface area contributed by atoms with E-state index in [4.69, 9.17) is 11.6 Å². The van der Waals surface area contributed by atoms with Gasteiger partial charge >= 0.3 is 0 Å². The van der Waals surface area contributed by atoms with Crippen LogP contribution in [-0.2, 0) is 6.54 Å². The van der Waals surface area contributed by atoms with Crippen LogP contribution in [0.4, 0.5) is 4.39 Å². The third-order valence-corrected chi connectivity index (χ3v) is 4.58. The molecule has 1 aromatic carbocycles. The van der Waals surface area contributed by atoms with Gasteiger partial charge in [-0.3, -0.25) is 0 Å². The lowest BCUT2D eigenvalue weighted by Gasteiger charge is -2.36. The molecule has 1 saturated carbocycles. The van der Waals surface area contributed by atoms with E-state index in [1.54, 1.807) is 18.2 Å². The maximum Gasteiger partial charge on any atom is 0.146 e. The Morgan fingerprint density at radius 2 is 2.00 bits per heavy atom. The van der Waals surface area contributed by atoms with Gasteiger partial charge in [0.05, 0.1) is 5.02 Å². The van der Waals surface area contributed by atoms with Crippen LogP contribution in [0.2, 0.25) is 5.02 Å². The van der Waals surface area contributed by atoms with E-state index in [-0.39, 0.29) is 16.4 Å². The zero-order valence-corrected chi connectivity index (χ0v) is 12.4. The average molecular weight is 285 g/mol. The van der Waals surface area contributed by atoms with Crippen LogP contribution < -0.4 is 5.32 Å². The van der Waals surface area contributed by atoms with Gasteiger partial charge in [-0.15, -0.1) is 0 Å². The Kier molecular flexibility index (Phi) is 4.82. The molecule has 0 unspecified atom stereocenters. The number of hydrogen-bond donors (Lipinski definition) is 1. The number of hydrogen-bond acceptors (Lipinski definition) is 2. The van der Waals surface area contributed by atoms with Gasteiger partial charge in [-0.2, -0.15) is 0 Å². The highest BCUT2D eigenvalue weighted by atomic mass is 35.5. The second-order valence-electron chi connectivity index (χ2n) is 5.64. The largest absolute Gasteiger partial charge is 0.311 e. The smallest absolute Gasteiger partial charge is 0.146 e. The van der Waals surface area contributed by atoms with Crippen LogP contribution in [0.15, 0.2) is 18.2 Å². The first-order chi connectivity index (χ1) is 9.05. The zero-order valence-electron chi connectivity index (χ0n) is 11.7. The molecule has 0 heterocycles. The summed E-state index contributed by atoms with van der Waals surface area (Å²) in [5.74, 6) is -0.304. The van der Waals surface area contributed by atoms with E-state index in [1.165, 1.54) is 25.7 Å². The lowest BCUT2D eigenvalue weighted by atomic mass is 9.96. The molecule has 0 spiro atoms. The Hall–Kier alpha value is -0.640. The molecule has 1 aliphatic carbocycles. The average Bonchev–Trinajstić information content (AvgIpc) is 2.85. The van der Waals surface area contributed by atoms with E-state index in [9.17, 15) is 4.39 Å². The zero-order chi connectivity index (χ0) is 13.9. The lowest BCUT2D eigenvalue weighted by molar-refractivity contribution is 0.153. The number of rotatable bonds is 5. The van der Waals surface area contributed by atoms with Crippen molar-refractivity contribution in [2.24, 2.45) is 0 Å². The molecule has 0 bridgehead atoms. The van der Waals surface area contributed by atoms with E-state index in [0.29, 0.717) is 12.1 Å². The normalized spacial score (nSPS) is 18.2. The van der Waals surface area contributed by atoms with Crippen LogP contribution in [-0.4, -0.2) is 31.1 Å². The fraction of sp³-hybridized carbons (Fsp3) is 0.600. The molecule has 2 rings (SSSR count). The van der Waals surface area contributed by atoms with Crippen molar-refractivity contribution in [3.63, 3.8) is 0 Å². The number of likely N-dealkylation sites (N-methyl/N-ethyl adjacent to an activating group) is 1. The quantitative estimate of drug-likeness (QED) is 0.891. The summed E-state index contributed by atoms with van der Waals surface area (Å²) in [7, 11) is 4.26. The minimum Gasteiger partial charge on any atom is -0.311 e. The minimum atomic E-state index is -0.304. The van der Waals surface area contributed by atoms with Crippen molar-refractivity contribution < 1.29 is 4.39 Å². The molecule has 4 heteroatoms. The van der Waals surface area contributed by atoms with Crippen LogP contribution in [0.3, 0.4) is 0 Å². The summed E-state index contributed by atoms with van der Waals surface area (Å²) in [5.41, 5.74) is 0.870. The maximum absolute atomic E-state index is 13.8. The molecular weight excluding hydrogens is 263 g/mol. The molecule has 0 aliphatic heterocycles. The van der Waals surface area contributed by atoms with E-state index in [0.717, 1.165) is 6.54 Å². The first-order valence-corrected chi connectivity index (χ1v) is 7.24. The topological polar surface area (TPSA) is 15.3 Å². The van der Waals surface area contributed by atoms with Crippen molar-refractivity contribution in [3.8, 4) is 0 Å². The van der Waals surface area contributed by atoms with E-state index in [2.05, 4.69) is 24.3 Å². The third-order valence-electron chi connectivity index (χ3n) is 4.28. The predicted octanol–water partition coefficient (Wildman–Crippen LogP) is 3.44. The summed E-state index contributed by atoms with van der Waals surface area (Å²) < 4.78 is 13.8. The molecule has 0 aromatic heterocycles. The van der Waals surface area contributed by atoms with Gasteiger partial charge < -0.3 is 10.2 Å². The fourth-order valence-corrected chi connectivity index (χ4v) is 3.12. The molecule has 1 aromatic rings. The standard InChI is InChI=1S/C15H22ClFN2/c1-19(2)15(8-3-4-9-15)11-18-10-12-6-5-7-13(16)14(12)17/h5-7,18H,3-4,8-11H2,1-2H3. The van der Waals surface area contributed by atoms with Crippen LogP contribution in [0.5, 0.6) is 0 Å². The van der Waals surface area contributed by atoms with Crippen LogP contribution >= 0.6 is 11.6 Å². The minimum absolute atomic E-state index is 0.197. The summed E-state index contributed by atoms with van der Waals surface area (Å²) in [6.45, 7) is 1.42. The Balaban J connectivity index is 1.94. The number of nitrogens with zero attached hydrogens (tertiary/aromatic N) is 1. The second-order valence-corrected chi connectivity index (χ2v) is 6.05. The highest BCUT2D eigenvalue weighted by Crippen LogP contribution is 2.33. The van der Waals surface area contributed by atoms with Crippen molar-refractivity contribution in [1.82, 2.24) is 10.2 Å².